The smallest absolute Gasteiger partial charge is 0.157 e. The molecule has 0 saturated carbocycles. The predicted molar refractivity (Wildman–Crippen MR) is 33.9 cm³/mol. The van der Waals surface area contributed by atoms with Crippen LogP contribution >= 0.6 is 0 Å². The van der Waals surface area contributed by atoms with E-state index in [0.29, 0.717) is 6.42 Å². The molecule has 9 heavy (non-hydrogen) atoms. The van der Waals surface area contributed by atoms with Gasteiger partial charge in [-0.1, -0.05) is 6.92 Å². The van der Waals surface area contributed by atoms with Crippen molar-refractivity contribution >= 4 is 0 Å². The van der Waals surface area contributed by atoms with Gasteiger partial charge in [-0.05, 0) is 13.3 Å². The van der Waals surface area contributed by atoms with Gasteiger partial charge in [0.1, 0.15) is 0 Å². The maximum Gasteiger partial charge on any atom is 0.157 e. The molecule has 1 N–H and O–H groups in total. The highest BCUT2D eigenvalue weighted by atomic mass is 16.7. The number of hydrogen-bond acceptors (Lipinski definition) is 3. The molecule has 0 saturated heterocycles. The van der Waals surface area contributed by atoms with Gasteiger partial charge in [-0.3, -0.25) is 0 Å². The van der Waals surface area contributed by atoms with Crippen molar-refractivity contribution in [1.29, 1.82) is 0 Å². The van der Waals surface area contributed by atoms with Crippen LogP contribution in [0.5, 0.6) is 0 Å². The van der Waals surface area contributed by atoms with Crippen molar-refractivity contribution < 1.29 is 14.6 Å². The van der Waals surface area contributed by atoms with E-state index in [1.807, 2.05) is 6.92 Å². The standard InChI is InChI=1S/C6H14O3/c1-4-6(7)9-5(2)8-3/h5-7H,4H2,1-3H3. The Kier molecular flexibility index (Phi) is 4.67. The fourth-order valence-corrected chi connectivity index (χ4v) is 0.373. The van der Waals surface area contributed by atoms with Crippen LogP contribution in [0.1, 0.15) is 20.3 Å². The van der Waals surface area contributed by atoms with Gasteiger partial charge in [0.25, 0.3) is 0 Å². The van der Waals surface area contributed by atoms with Gasteiger partial charge in [0.05, 0.1) is 0 Å². The zero-order valence-electron chi connectivity index (χ0n) is 6.13. The molecule has 0 fully saturated rings. The third-order valence-corrected chi connectivity index (χ3v) is 1.03. The number of ether oxygens (including phenoxy) is 2. The summed E-state index contributed by atoms with van der Waals surface area (Å²) in [6.45, 7) is 3.58. The molecule has 0 aromatic carbocycles. The van der Waals surface area contributed by atoms with Gasteiger partial charge >= 0.3 is 0 Å². The van der Waals surface area contributed by atoms with Crippen LogP contribution in [-0.4, -0.2) is 24.8 Å². The van der Waals surface area contributed by atoms with Crippen molar-refractivity contribution in [2.75, 3.05) is 7.11 Å². The third kappa shape index (κ3) is 4.39. The molecule has 0 radical (unpaired) electrons. The summed E-state index contributed by atoms with van der Waals surface area (Å²) in [5, 5.41) is 8.86. The van der Waals surface area contributed by atoms with Crippen molar-refractivity contribution in [2.24, 2.45) is 0 Å². The first kappa shape index (κ1) is 8.88. The molecule has 0 aromatic rings. The zero-order chi connectivity index (χ0) is 7.28. The van der Waals surface area contributed by atoms with Gasteiger partial charge in [-0.25, -0.2) is 0 Å². The van der Waals surface area contributed by atoms with Crippen LogP contribution in [0.3, 0.4) is 0 Å². The molecule has 0 spiro atoms. The van der Waals surface area contributed by atoms with Crippen LogP contribution in [0.15, 0.2) is 0 Å². The Hall–Kier alpha value is -0.120. The number of aliphatic hydroxyl groups is 1. The van der Waals surface area contributed by atoms with E-state index >= 15 is 0 Å². The van der Waals surface area contributed by atoms with Crippen LogP contribution in [0, 0.1) is 0 Å². The average molecular weight is 134 g/mol. The van der Waals surface area contributed by atoms with E-state index in [2.05, 4.69) is 0 Å². The molecule has 0 aliphatic carbocycles. The Bertz CT molecular complexity index is 57.3. The molecule has 2 atom stereocenters. The fourth-order valence-electron chi connectivity index (χ4n) is 0.373. The summed E-state index contributed by atoms with van der Waals surface area (Å²) in [5.41, 5.74) is 0. The number of hydrogen-bond donors (Lipinski definition) is 1. The average Bonchev–Trinajstić information content (AvgIpc) is 1.87. The van der Waals surface area contributed by atoms with Crippen LogP contribution in [0.25, 0.3) is 0 Å². The first-order valence-corrected chi connectivity index (χ1v) is 3.07. The lowest BCUT2D eigenvalue weighted by atomic mass is 10.5. The van der Waals surface area contributed by atoms with E-state index in [1.165, 1.54) is 7.11 Å². The van der Waals surface area contributed by atoms with Gasteiger partial charge in [0.15, 0.2) is 12.6 Å². The van der Waals surface area contributed by atoms with Gasteiger partial charge < -0.3 is 14.6 Å². The maximum atomic E-state index is 8.86. The quantitative estimate of drug-likeness (QED) is 0.576. The Morgan fingerprint density at radius 3 is 2.44 bits per heavy atom. The summed E-state index contributed by atoms with van der Waals surface area (Å²) in [5.74, 6) is 0. The molecule has 0 rings (SSSR count). The minimum atomic E-state index is -0.694. The Morgan fingerprint density at radius 1 is 1.56 bits per heavy atom. The molecule has 0 aromatic heterocycles. The molecule has 56 valence electrons. The SMILES string of the molecule is CCC(O)OC(C)OC. The molecule has 0 aliphatic rings. The molecule has 0 aliphatic heterocycles. The van der Waals surface area contributed by atoms with Crippen LogP contribution in [0.2, 0.25) is 0 Å². The number of methoxy groups -OCH3 is 1. The van der Waals surface area contributed by atoms with Crippen LogP contribution < -0.4 is 0 Å². The molecule has 3 nitrogen and oxygen atoms in total. The van der Waals surface area contributed by atoms with E-state index in [4.69, 9.17) is 14.6 Å². The molecular formula is C6H14O3. The summed E-state index contributed by atoms with van der Waals surface area (Å²) >= 11 is 0. The minimum absolute atomic E-state index is 0.319. The first-order valence-electron chi connectivity index (χ1n) is 3.07. The second kappa shape index (κ2) is 4.73. The summed E-state index contributed by atoms with van der Waals surface area (Å²) in [6, 6.07) is 0. The van der Waals surface area contributed by atoms with E-state index < -0.39 is 6.29 Å². The van der Waals surface area contributed by atoms with Gasteiger partial charge in [-0.15, -0.1) is 0 Å². The molecular weight excluding hydrogens is 120 g/mol. The Labute approximate surface area is 55.6 Å². The van der Waals surface area contributed by atoms with Crippen molar-refractivity contribution in [3.8, 4) is 0 Å². The third-order valence-electron chi connectivity index (χ3n) is 1.03. The largest absolute Gasteiger partial charge is 0.368 e. The van der Waals surface area contributed by atoms with Crippen molar-refractivity contribution in [3.05, 3.63) is 0 Å². The highest BCUT2D eigenvalue weighted by molar-refractivity contribution is 4.35. The molecule has 2 unspecified atom stereocenters. The molecule has 0 amide bonds. The molecule has 0 heterocycles. The Morgan fingerprint density at radius 2 is 2.11 bits per heavy atom. The fraction of sp³-hybridized carbons (Fsp3) is 1.00. The second-order valence-corrected chi connectivity index (χ2v) is 1.80. The Balaban J connectivity index is 3.22. The van der Waals surface area contributed by atoms with E-state index in [9.17, 15) is 0 Å². The van der Waals surface area contributed by atoms with Crippen LogP contribution in [0.4, 0.5) is 0 Å². The van der Waals surface area contributed by atoms with E-state index in [0.717, 1.165) is 0 Å². The highest BCUT2D eigenvalue weighted by Crippen LogP contribution is 1.98. The summed E-state index contributed by atoms with van der Waals surface area (Å²) < 4.78 is 9.62. The summed E-state index contributed by atoms with van der Waals surface area (Å²) in [7, 11) is 1.53. The first-order chi connectivity index (χ1) is 4.20. The molecule has 3 heteroatoms. The lowest BCUT2D eigenvalue weighted by molar-refractivity contribution is -0.211. The number of aliphatic hydroxyl groups excluding tert-OH is 1. The lowest BCUT2D eigenvalue weighted by Crippen LogP contribution is -2.19. The van der Waals surface area contributed by atoms with Gasteiger partial charge in [0.2, 0.25) is 0 Å². The van der Waals surface area contributed by atoms with Gasteiger partial charge in [0, 0.05) is 7.11 Å². The summed E-state index contributed by atoms with van der Waals surface area (Å²) in [4.78, 5) is 0. The van der Waals surface area contributed by atoms with Crippen molar-refractivity contribution in [2.45, 2.75) is 32.8 Å². The van der Waals surface area contributed by atoms with E-state index in [1.54, 1.807) is 6.92 Å². The number of rotatable bonds is 4. The second-order valence-electron chi connectivity index (χ2n) is 1.80. The van der Waals surface area contributed by atoms with Crippen LogP contribution in [-0.2, 0) is 9.47 Å². The minimum Gasteiger partial charge on any atom is -0.368 e. The van der Waals surface area contributed by atoms with Crippen molar-refractivity contribution in [1.82, 2.24) is 0 Å². The topological polar surface area (TPSA) is 38.7 Å². The maximum absolute atomic E-state index is 8.86. The summed E-state index contributed by atoms with van der Waals surface area (Å²) in [6.07, 6.45) is -0.423. The monoisotopic (exact) mass is 134 g/mol. The highest BCUT2D eigenvalue weighted by Gasteiger charge is 2.04. The normalized spacial score (nSPS) is 17.3. The van der Waals surface area contributed by atoms with Crippen molar-refractivity contribution in [3.63, 3.8) is 0 Å². The lowest BCUT2D eigenvalue weighted by Gasteiger charge is -2.14. The zero-order valence-corrected chi connectivity index (χ0v) is 6.13. The van der Waals surface area contributed by atoms with Gasteiger partial charge in [-0.2, -0.15) is 0 Å². The predicted octanol–water partition coefficient (Wildman–Crippen LogP) is 0.724. The van der Waals surface area contributed by atoms with E-state index in [-0.39, 0.29) is 6.29 Å². The molecule has 0 bridgehead atoms.